The van der Waals surface area contributed by atoms with Gasteiger partial charge in [-0.1, -0.05) is 28.1 Å². The number of nitrogens with one attached hydrogen (secondary N) is 2. The highest BCUT2D eigenvalue weighted by atomic mass is 79.9. The number of halogens is 3. The van der Waals surface area contributed by atoms with Gasteiger partial charge in [0.2, 0.25) is 5.91 Å². The Morgan fingerprint density at radius 3 is 2.44 bits per heavy atom. The third-order valence-corrected chi connectivity index (χ3v) is 5.21. The molecule has 3 rings (SSSR count). The molecule has 8 heteroatoms. The molecule has 1 aromatic rings. The molecule has 2 unspecified atom stereocenters. The molecule has 2 saturated heterocycles. The summed E-state index contributed by atoms with van der Waals surface area (Å²) < 4.78 is 1.10. The molecule has 2 heterocycles. The minimum absolute atomic E-state index is 0. The Morgan fingerprint density at radius 1 is 1.24 bits per heavy atom. The highest BCUT2D eigenvalue weighted by Crippen LogP contribution is 2.17. The molecule has 0 saturated carbocycles. The van der Waals surface area contributed by atoms with Gasteiger partial charge in [-0.15, -0.1) is 24.8 Å². The van der Waals surface area contributed by atoms with Crippen molar-refractivity contribution in [2.45, 2.75) is 44.0 Å². The fourth-order valence-electron chi connectivity index (χ4n) is 3.30. The first-order valence-corrected chi connectivity index (χ1v) is 9.08. The summed E-state index contributed by atoms with van der Waals surface area (Å²) in [5, 5.41) is 15.7. The van der Waals surface area contributed by atoms with Crippen molar-refractivity contribution in [3.8, 4) is 0 Å². The fourth-order valence-corrected chi connectivity index (χ4v) is 3.57. The van der Waals surface area contributed by atoms with Crippen molar-refractivity contribution in [1.82, 2.24) is 15.5 Å². The molecular formula is C17H26BrCl2N3O2. The van der Waals surface area contributed by atoms with Crippen LogP contribution in [0.4, 0.5) is 0 Å². The molecule has 0 aromatic heterocycles. The molecule has 1 amide bonds. The van der Waals surface area contributed by atoms with Crippen LogP contribution in [-0.2, 0) is 11.3 Å². The van der Waals surface area contributed by atoms with Crippen LogP contribution in [0.1, 0.15) is 24.8 Å². The summed E-state index contributed by atoms with van der Waals surface area (Å²) in [5.41, 5.74) is 1.32. The number of carbonyl (C=O) groups is 1. The number of nitrogens with zero attached hydrogens (tertiary/aromatic N) is 1. The van der Waals surface area contributed by atoms with Crippen LogP contribution in [0.3, 0.4) is 0 Å². The number of piperidine rings is 1. The van der Waals surface area contributed by atoms with Gasteiger partial charge in [-0.25, -0.2) is 0 Å². The number of aliphatic hydroxyl groups is 1. The van der Waals surface area contributed by atoms with E-state index >= 15 is 0 Å². The van der Waals surface area contributed by atoms with Gasteiger partial charge in [-0.3, -0.25) is 9.69 Å². The van der Waals surface area contributed by atoms with Gasteiger partial charge in [0, 0.05) is 36.7 Å². The summed E-state index contributed by atoms with van der Waals surface area (Å²) in [6, 6.07) is 8.47. The van der Waals surface area contributed by atoms with Crippen LogP contribution in [-0.4, -0.2) is 53.7 Å². The van der Waals surface area contributed by atoms with E-state index in [1.54, 1.807) is 0 Å². The van der Waals surface area contributed by atoms with Crippen LogP contribution in [0, 0.1) is 0 Å². The van der Waals surface area contributed by atoms with Gasteiger partial charge >= 0.3 is 0 Å². The molecule has 1 aromatic carbocycles. The van der Waals surface area contributed by atoms with Crippen LogP contribution in [0.5, 0.6) is 0 Å². The van der Waals surface area contributed by atoms with Gasteiger partial charge in [0.1, 0.15) is 0 Å². The van der Waals surface area contributed by atoms with Gasteiger partial charge in [-0.2, -0.15) is 0 Å². The quantitative estimate of drug-likeness (QED) is 0.651. The zero-order chi connectivity index (χ0) is 16.2. The maximum absolute atomic E-state index is 12.2. The Kier molecular flexibility index (Phi) is 9.70. The summed E-state index contributed by atoms with van der Waals surface area (Å²) >= 11 is 3.46. The van der Waals surface area contributed by atoms with Gasteiger partial charge in [0.15, 0.2) is 0 Å². The predicted molar refractivity (Wildman–Crippen MR) is 107 cm³/mol. The Morgan fingerprint density at radius 2 is 1.88 bits per heavy atom. The second-order valence-corrected chi connectivity index (χ2v) is 7.45. The number of β-amino-alcohol motifs (C(OH)–C–C–N with tert-alkyl or cyclic N) is 1. The Hall–Kier alpha value is -0.370. The molecule has 0 bridgehead atoms. The number of rotatable bonds is 4. The normalized spacial score (nSPS) is 24.2. The van der Waals surface area contributed by atoms with Crippen LogP contribution in [0.15, 0.2) is 28.7 Å². The van der Waals surface area contributed by atoms with E-state index in [9.17, 15) is 9.90 Å². The maximum atomic E-state index is 12.2. The second-order valence-electron chi connectivity index (χ2n) is 6.54. The standard InChI is InChI=1S/C17H24BrN3O2.2ClH/c18-13-3-1-12(2-4-13)11-21-7-5-14(6-8-21)20-17(23)16-9-15(22)10-19-16;;/h1-4,14-16,19,22H,5-11H2,(H,20,23);2*1H. The van der Waals surface area contributed by atoms with E-state index in [2.05, 4.69) is 55.7 Å². The van der Waals surface area contributed by atoms with E-state index in [0.29, 0.717) is 13.0 Å². The summed E-state index contributed by atoms with van der Waals surface area (Å²) in [7, 11) is 0. The lowest BCUT2D eigenvalue weighted by molar-refractivity contribution is -0.124. The van der Waals surface area contributed by atoms with Crippen molar-refractivity contribution in [2.75, 3.05) is 19.6 Å². The minimum Gasteiger partial charge on any atom is -0.392 e. The first kappa shape index (κ1) is 22.7. The Balaban J connectivity index is 0.00000156. The van der Waals surface area contributed by atoms with Crippen molar-refractivity contribution in [2.24, 2.45) is 0 Å². The van der Waals surface area contributed by atoms with E-state index in [-0.39, 0.29) is 42.8 Å². The van der Waals surface area contributed by atoms with Crippen molar-refractivity contribution in [3.05, 3.63) is 34.3 Å². The molecule has 0 radical (unpaired) electrons. The Bertz CT molecular complexity index is 539. The molecule has 2 aliphatic heterocycles. The van der Waals surface area contributed by atoms with Gasteiger partial charge in [-0.05, 0) is 37.0 Å². The van der Waals surface area contributed by atoms with Gasteiger partial charge in [0.05, 0.1) is 12.1 Å². The molecule has 0 aliphatic carbocycles. The van der Waals surface area contributed by atoms with Crippen LogP contribution < -0.4 is 10.6 Å². The van der Waals surface area contributed by atoms with Crippen LogP contribution >= 0.6 is 40.7 Å². The molecule has 2 aliphatic rings. The summed E-state index contributed by atoms with van der Waals surface area (Å²) in [5.74, 6) is 0.0351. The molecule has 25 heavy (non-hydrogen) atoms. The molecule has 0 spiro atoms. The maximum Gasteiger partial charge on any atom is 0.237 e. The first-order valence-electron chi connectivity index (χ1n) is 8.29. The third kappa shape index (κ3) is 6.70. The summed E-state index contributed by atoms with van der Waals surface area (Å²) in [4.78, 5) is 14.6. The predicted octanol–water partition coefficient (Wildman–Crippen LogP) is 2.10. The average Bonchev–Trinajstić information content (AvgIpc) is 2.98. The molecule has 2 atom stereocenters. The lowest BCUT2D eigenvalue weighted by Crippen LogP contribution is -2.49. The second kappa shape index (κ2) is 10.7. The number of likely N-dealkylation sites (tertiary alicyclic amines) is 1. The van der Waals surface area contributed by atoms with E-state index in [1.165, 1.54) is 5.56 Å². The highest BCUT2D eigenvalue weighted by Gasteiger charge is 2.30. The lowest BCUT2D eigenvalue weighted by Gasteiger charge is -2.32. The number of benzene rings is 1. The topological polar surface area (TPSA) is 64.6 Å². The van der Waals surface area contributed by atoms with E-state index in [1.807, 2.05) is 0 Å². The van der Waals surface area contributed by atoms with Gasteiger partial charge < -0.3 is 15.7 Å². The molecule has 3 N–H and O–H groups in total. The zero-order valence-corrected chi connectivity index (χ0v) is 17.2. The molecular weight excluding hydrogens is 429 g/mol. The minimum atomic E-state index is -0.390. The largest absolute Gasteiger partial charge is 0.392 e. The van der Waals surface area contributed by atoms with Crippen molar-refractivity contribution >= 4 is 46.7 Å². The first-order chi connectivity index (χ1) is 11.1. The van der Waals surface area contributed by atoms with Crippen LogP contribution in [0.2, 0.25) is 0 Å². The van der Waals surface area contributed by atoms with E-state index < -0.39 is 6.10 Å². The third-order valence-electron chi connectivity index (χ3n) is 4.68. The average molecular weight is 455 g/mol. The van der Waals surface area contributed by atoms with E-state index in [0.717, 1.165) is 36.9 Å². The zero-order valence-electron chi connectivity index (χ0n) is 14.0. The fraction of sp³-hybridized carbons (Fsp3) is 0.588. The summed E-state index contributed by atoms with van der Waals surface area (Å²) in [6.07, 6.45) is 2.10. The Labute approximate surface area is 169 Å². The van der Waals surface area contributed by atoms with Crippen molar-refractivity contribution < 1.29 is 9.90 Å². The number of amides is 1. The lowest BCUT2D eigenvalue weighted by atomic mass is 10.0. The smallest absolute Gasteiger partial charge is 0.237 e. The number of hydrogen-bond donors (Lipinski definition) is 3. The molecule has 5 nitrogen and oxygen atoms in total. The van der Waals surface area contributed by atoms with Gasteiger partial charge in [0.25, 0.3) is 0 Å². The monoisotopic (exact) mass is 453 g/mol. The summed E-state index contributed by atoms with van der Waals surface area (Å²) in [6.45, 7) is 3.48. The molecule has 2 fully saturated rings. The SMILES string of the molecule is Cl.Cl.O=C(NC1CCN(Cc2ccc(Br)cc2)CC1)C1CC(O)CN1. The number of carbonyl (C=O) groups excluding carboxylic acids is 1. The molecule has 142 valence electrons. The van der Waals surface area contributed by atoms with Crippen LogP contribution in [0.25, 0.3) is 0 Å². The number of hydrogen-bond acceptors (Lipinski definition) is 4. The van der Waals surface area contributed by atoms with E-state index in [4.69, 9.17) is 0 Å². The number of aliphatic hydroxyl groups excluding tert-OH is 1. The van der Waals surface area contributed by atoms with Crippen molar-refractivity contribution in [3.63, 3.8) is 0 Å². The highest BCUT2D eigenvalue weighted by molar-refractivity contribution is 9.10. The van der Waals surface area contributed by atoms with Crippen molar-refractivity contribution in [1.29, 1.82) is 0 Å².